The van der Waals surface area contributed by atoms with E-state index >= 15 is 0 Å². The Balaban J connectivity index is 1.82. The lowest BCUT2D eigenvalue weighted by Crippen LogP contribution is -2.39. The fraction of sp³-hybridized carbons (Fsp3) is 0.167. The van der Waals surface area contributed by atoms with Gasteiger partial charge in [0.25, 0.3) is 15.9 Å². The molecule has 10 heteroatoms. The van der Waals surface area contributed by atoms with E-state index in [0.29, 0.717) is 28.5 Å². The van der Waals surface area contributed by atoms with Crippen molar-refractivity contribution in [2.75, 3.05) is 32.2 Å². The molecule has 0 spiro atoms. The summed E-state index contributed by atoms with van der Waals surface area (Å²) in [5.41, 5.74) is 3.29. The Bertz CT molecular complexity index is 1250. The van der Waals surface area contributed by atoms with Gasteiger partial charge >= 0.3 is 0 Å². The zero-order chi connectivity index (χ0) is 24.6. The summed E-state index contributed by atoms with van der Waals surface area (Å²) < 4.78 is 43.3. The van der Waals surface area contributed by atoms with Gasteiger partial charge in [-0.1, -0.05) is 18.2 Å². The first-order valence-corrected chi connectivity index (χ1v) is 11.6. The van der Waals surface area contributed by atoms with E-state index in [0.717, 1.165) is 4.31 Å². The number of amides is 1. The van der Waals surface area contributed by atoms with Crippen LogP contribution in [0.5, 0.6) is 17.2 Å². The normalized spacial score (nSPS) is 11.1. The summed E-state index contributed by atoms with van der Waals surface area (Å²) in [7, 11) is 0.496. The predicted molar refractivity (Wildman–Crippen MR) is 129 cm³/mol. The molecule has 9 nitrogen and oxygen atoms in total. The summed E-state index contributed by atoms with van der Waals surface area (Å²) in [5, 5.41) is 3.95. The molecule has 3 aromatic rings. The molecule has 0 aliphatic heterocycles. The highest BCUT2D eigenvalue weighted by molar-refractivity contribution is 7.92. The van der Waals surface area contributed by atoms with Crippen LogP contribution in [0.2, 0.25) is 0 Å². The van der Waals surface area contributed by atoms with Crippen molar-refractivity contribution in [3.63, 3.8) is 0 Å². The summed E-state index contributed by atoms with van der Waals surface area (Å²) in [4.78, 5) is 12.7. The molecular formula is C24H25N3O6S. The first-order chi connectivity index (χ1) is 16.4. The third-order valence-corrected chi connectivity index (χ3v) is 6.60. The van der Waals surface area contributed by atoms with Gasteiger partial charge in [-0.05, 0) is 54.6 Å². The van der Waals surface area contributed by atoms with Gasteiger partial charge in [-0.3, -0.25) is 9.10 Å². The summed E-state index contributed by atoms with van der Waals surface area (Å²) >= 11 is 0. The molecule has 0 aliphatic rings. The molecule has 0 saturated heterocycles. The molecule has 0 heterocycles. The van der Waals surface area contributed by atoms with Crippen molar-refractivity contribution >= 4 is 27.8 Å². The number of anilines is 1. The van der Waals surface area contributed by atoms with Crippen LogP contribution in [0.1, 0.15) is 5.56 Å². The van der Waals surface area contributed by atoms with Crippen LogP contribution in [0.15, 0.2) is 82.8 Å². The number of sulfonamides is 1. The monoisotopic (exact) mass is 483 g/mol. The Morgan fingerprint density at radius 1 is 0.912 bits per heavy atom. The maximum atomic E-state index is 13.4. The molecule has 178 valence electrons. The lowest BCUT2D eigenvalue weighted by atomic mass is 10.2. The fourth-order valence-electron chi connectivity index (χ4n) is 3.06. The van der Waals surface area contributed by atoms with E-state index in [1.807, 2.05) is 0 Å². The fourth-order valence-corrected chi connectivity index (χ4v) is 4.49. The van der Waals surface area contributed by atoms with Crippen molar-refractivity contribution in [1.82, 2.24) is 5.43 Å². The quantitative estimate of drug-likeness (QED) is 0.351. The van der Waals surface area contributed by atoms with Crippen molar-refractivity contribution in [3.8, 4) is 17.2 Å². The zero-order valence-electron chi connectivity index (χ0n) is 19.0. The summed E-state index contributed by atoms with van der Waals surface area (Å²) in [6.07, 6.45) is 1.39. The van der Waals surface area contributed by atoms with E-state index < -0.39 is 22.5 Å². The van der Waals surface area contributed by atoms with Gasteiger partial charge in [0.2, 0.25) is 0 Å². The maximum absolute atomic E-state index is 13.4. The van der Waals surface area contributed by atoms with Gasteiger partial charge in [0.05, 0.1) is 38.1 Å². The van der Waals surface area contributed by atoms with Crippen molar-refractivity contribution < 1.29 is 27.4 Å². The van der Waals surface area contributed by atoms with E-state index in [4.69, 9.17) is 14.2 Å². The van der Waals surface area contributed by atoms with Crippen molar-refractivity contribution in [2.45, 2.75) is 4.90 Å². The van der Waals surface area contributed by atoms with Gasteiger partial charge < -0.3 is 14.2 Å². The third-order valence-electron chi connectivity index (χ3n) is 4.81. The molecule has 3 rings (SSSR count). The van der Waals surface area contributed by atoms with E-state index in [2.05, 4.69) is 10.5 Å². The van der Waals surface area contributed by atoms with Crippen LogP contribution in [0.3, 0.4) is 0 Å². The molecule has 0 atom stereocenters. The van der Waals surface area contributed by atoms with Crippen LogP contribution in [-0.2, 0) is 14.8 Å². The molecule has 1 N–H and O–H groups in total. The van der Waals surface area contributed by atoms with Gasteiger partial charge in [-0.2, -0.15) is 5.10 Å². The molecule has 3 aromatic carbocycles. The van der Waals surface area contributed by atoms with Gasteiger partial charge in [0.15, 0.2) is 0 Å². The summed E-state index contributed by atoms with van der Waals surface area (Å²) in [6, 6.07) is 19.4. The smallest absolute Gasteiger partial charge is 0.264 e. The lowest BCUT2D eigenvalue weighted by molar-refractivity contribution is -0.119. The minimum atomic E-state index is -4.04. The highest BCUT2D eigenvalue weighted by Gasteiger charge is 2.27. The molecule has 0 radical (unpaired) electrons. The Morgan fingerprint density at radius 3 is 2.18 bits per heavy atom. The average molecular weight is 484 g/mol. The number of hydrogen-bond donors (Lipinski definition) is 1. The van der Waals surface area contributed by atoms with E-state index in [9.17, 15) is 13.2 Å². The first-order valence-electron chi connectivity index (χ1n) is 10.1. The van der Waals surface area contributed by atoms with Crippen molar-refractivity contribution in [3.05, 3.63) is 78.4 Å². The van der Waals surface area contributed by atoms with E-state index in [1.165, 1.54) is 39.7 Å². The number of nitrogens with one attached hydrogen (secondary N) is 1. The van der Waals surface area contributed by atoms with Crippen molar-refractivity contribution in [2.24, 2.45) is 5.10 Å². The summed E-state index contributed by atoms with van der Waals surface area (Å²) in [5.74, 6) is 1.02. The molecule has 0 aromatic heterocycles. The minimum Gasteiger partial charge on any atom is -0.497 e. The van der Waals surface area contributed by atoms with Crippen LogP contribution in [0.25, 0.3) is 0 Å². The van der Waals surface area contributed by atoms with E-state index in [1.54, 1.807) is 60.7 Å². The second-order valence-electron chi connectivity index (χ2n) is 6.92. The molecule has 34 heavy (non-hydrogen) atoms. The number of carbonyl (C=O) groups excluding carboxylic acids is 1. The zero-order valence-corrected chi connectivity index (χ0v) is 19.8. The van der Waals surface area contributed by atoms with Gasteiger partial charge in [0, 0.05) is 5.56 Å². The third kappa shape index (κ3) is 5.84. The number of rotatable bonds is 10. The number of hydrazone groups is 1. The predicted octanol–water partition coefficient (Wildman–Crippen LogP) is 3.06. The second-order valence-corrected chi connectivity index (χ2v) is 8.79. The average Bonchev–Trinajstić information content (AvgIpc) is 2.87. The molecule has 0 saturated carbocycles. The minimum absolute atomic E-state index is 0.0228. The Hall–Kier alpha value is -4.05. The van der Waals surface area contributed by atoms with Gasteiger partial charge in [-0.25, -0.2) is 13.8 Å². The topological polar surface area (TPSA) is 107 Å². The second kappa shape index (κ2) is 11.2. The van der Waals surface area contributed by atoms with Crippen molar-refractivity contribution in [1.29, 1.82) is 0 Å². The molecule has 0 bridgehead atoms. The molecule has 0 aliphatic carbocycles. The Kier molecular flexibility index (Phi) is 8.10. The van der Waals surface area contributed by atoms with Crippen LogP contribution >= 0.6 is 0 Å². The number of benzene rings is 3. The number of methoxy groups -OCH3 is 3. The van der Waals surface area contributed by atoms with Gasteiger partial charge in [0.1, 0.15) is 23.8 Å². The molecule has 0 unspecified atom stereocenters. The number of nitrogens with zero attached hydrogens (tertiary/aromatic N) is 2. The number of carbonyl (C=O) groups is 1. The van der Waals surface area contributed by atoms with Crippen LogP contribution in [0.4, 0.5) is 5.69 Å². The lowest BCUT2D eigenvalue weighted by Gasteiger charge is -2.23. The van der Waals surface area contributed by atoms with Crippen LogP contribution < -0.4 is 23.9 Å². The number of ether oxygens (including phenoxy) is 3. The largest absolute Gasteiger partial charge is 0.497 e. The first kappa shape index (κ1) is 24.6. The maximum Gasteiger partial charge on any atom is 0.264 e. The van der Waals surface area contributed by atoms with Gasteiger partial charge in [-0.15, -0.1) is 0 Å². The van der Waals surface area contributed by atoms with Crippen LogP contribution in [0, 0.1) is 0 Å². The number of hydrogen-bond acceptors (Lipinski definition) is 7. The molecular weight excluding hydrogens is 458 g/mol. The SMILES string of the molecule is COc1ccc(S(=O)(=O)N(CC(=O)N/N=C\c2cc(OC)ccc2OC)c2ccccc2)cc1. The Labute approximate surface area is 198 Å². The standard InChI is InChI=1S/C24H25N3O6S/c1-31-20-9-12-22(13-10-20)34(29,30)27(19-7-5-4-6-8-19)17-24(28)26-25-16-18-15-21(32-2)11-14-23(18)33-3/h4-16H,17H2,1-3H3,(H,26,28)/b25-16-. The highest BCUT2D eigenvalue weighted by Crippen LogP contribution is 2.25. The van der Waals surface area contributed by atoms with E-state index in [-0.39, 0.29) is 4.90 Å². The molecule has 1 amide bonds. The highest BCUT2D eigenvalue weighted by atomic mass is 32.2. The van der Waals surface area contributed by atoms with Crippen LogP contribution in [-0.4, -0.2) is 48.4 Å². The summed E-state index contributed by atoms with van der Waals surface area (Å²) in [6.45, 7) is -0.481. The Morgan fingerprint density at radius 2 is 1.56 bits per heavy atom. The number of para-hydroxylation sites is 1. The molecule has 0 fully saturated rings.